The summed E-state index contributed by atoms with van der Waals surface area (Å²) in [5.41, 5.74) is 0.390. The molecule has 0 unspecified atom stereocenters. The van der Waals surface area contributed by atoms with Gasteiger partial charge in [-0.2, -0.15) is 4.37 Å². The van der Waals surface area contributed by atoms with Gasteiger partial charge in [0.2, 0.25) is 5.13 Å². The zero-order chi connectivity index (χ0) is 16.9. The summed E-state index contributed by atoms with van der Waals surface area (Å²) >= 11 is 1.37. The summed E-state index contributed by atoms with van der Waals surface area (Å²) in [6.07, 6.45) is 0.699. The fraction of sp³-hybridized carbons (Fsp3) is 0.438. The van der Waals surface area contributed by atoms with Gasteiger partial charge in [0, 0.05) is 56.8 Å². The van der Waals surface area contributed by atoms with Gasteiger partial charge >= 0.3 is 0 Å². The molecule has 0 spiro atoms. The van der Waals surface area contributed by atoms with E-state index in [1.807, 2.05) is 0 Å². The molecule has 2 aromatic rings. The van der Waals surface area contributed by atoms with Gasteiger partial charge in [-0.3, -0.25) is 4.79 Å². The van der Waals surface area contributed by atoms with Crippen molar-refractivity contribution >= 4 is 22.6 Å². The molecule has 3 rings (SSSR count). The molecule has 1 aromatic carbocycles. The number of nitrogens with zero attached hydrogens (tertiary/aromatic N) is 4. The molecular formula is C16H19FN4O2S. The molecule has 1 amide bonds. The van der Waals surface area contributed by atoms with Crippen LogP contribution in [-0.2, 0) is 11.2 Å². The number of amides is 1. The van der Waals surface area contributed by atoms with Crippen molar-refractivity contribution in [3.63, 3.8) is 0 Å². The third-order valence-corrected chi connectivity index (χ3v) is 4.71. The van der Waals surface area contributed by atoms with Crippen molar-refractivity contribution in [1.29, 1.82) is 0 Å². The molecule has 24 heavy (non-hydrogen) atoms. The topological polar surface area (TPSA) is 58.6 Å². The lowest BCUT2D eigenvalue weighted by atomic mass is 10.2. The molecule has 1 saturated heterocycles. The minimum atomic E-state index is -0.392. The largest absolute Gasteiger partial charge is 0.384 e. The first-order chi connectivity index (χ1) is 11.7. The summed E-state index contributed by atoms with van der Waals surface area (Å²) in [4.78, 5) is 20.8. The predicted molar refractivity (Wildman–Crippen MR) is 90.0 cm³/mol. The van der Waals surface area contributed by atoms with Crippen molar-refractivity contribution in [2.24, 2.45) is 0 Å². The first kappa shape index (κ1) is 16.8. The molecule has 0 bridgehead atoms. The smallest absolute Gasteiger partial charge is 0.254 e. The molecule has 1 aliphatic heterocycles. The van der Waals surface area contributed by atoms with E-state index in [0.29, 0.717) is 44.8 Å². The molecule has 0 atom stereocenters. The first-order valence-corrected chi connectivity index (χ1v) is 8.56. The maximum Gasteiger partial charge on any atom is 0.254 e. The standard InChI is InChI=1S/C16H19FN4O2S/c1-23-10-5-14-18-16(24-19-14)21-8-6-20(7-9-21)15(22)12-3-2-4-13(17)11-12/h2-4,11H,5-10H2,1H3. The first-order valence-electron chi connectivity index (χ1n) is 7.78. The number of piperazine rings is 1. The zero-order valence-corrected chi connectivity index (χ0v) is 14.3. The Morgan fingerprint density at radius 2 is 2.12 bits per heavy atom. The fourth-order valence-corrected chi connectivity index (χ4v) is 3.34. The average Bonchev–Trinajstić information content (AvgIpc) is 3.08. The third-order valence-electron chi connectivity index (χ3n) is 3.90. The highest BCUT2D eigenvalue weighted by atomic mass is 32.1. The van der Waals surface area contributed by atoms with Gasteiger partial charge in [-0.05, 0) is 18.2 Å². The second-order valence-corrected chi connectivity index (χ2v) is 6.26. The van der Waals surface area contributed by atoms with Crippen molar-refractivity contribution in [3.8, 4) is 0 Å². The molecule has 0 radical (unpaired) electrons. The van der Waals surface area contributed by atoms with E-state index in [2.05, 4.69) is 14.3 Å². The molecule has 1 aliphatic rings. The molecule has 0 N–H and O–H groups in total. The summed E-state index contributed by atoms with van der Waals surface area (Å²) in [5.74, 6) is 0.263. The fourth-order valence-electron chi connectivity index (χ4n) is 2.57. The van der Waals surface area contributed by atoms with Crippen LogP contribution in [0, 0.1) is 5.82 Å². The number of rotatable bonds is 5. The maximum absolute atomic E-state index is 13.3. The van der Waals surface area contributed by atoms with E-state index in [9.17, 15) is 9.18 Å². The number of carbonyl (C=O) groups excluding carboxylic acids is 1. The maximum atomic E-state index is 13.3. The Balaban J connectivity index is 1.57. The highest BCUT2D eigenvalue weighted by Crippen LogP contribution is 2.20. The van der Waals surface area contributed by atoms with Gasteiger partial charge in [0.25, 0.3) is 5.91 Å². The van der Waals surface area contributed by atoms with Gasteiger partial charge in [0.05, 0.1) is 6.61 Å². The average molecular weight is 350 g/mol. The predicted octanol–water partition coefficient (Wildman–Crippen LogP) is 1.83. The number of benzene rings is 1. The molecule has 128 valence electrons. The number of hydrogen-bond donors (Lipinski definition) is 0. The van der Waals surface area contributed by atoms with Crippen LogP contribution in [0.4, 0.5) is 9.52 Å². The van der Waals surface area contributed by atoms with Gasteiger partial charge in [0.1, 0.15) is 11.6 Å². The van der Waals surface area contributed by atoms with Crippen LogP contribution in [0.5, 0.6) is 0 Å². The number of methoxy groups -OCH3 is 1. The Hall–Kier alpha value is -2.06. The van der Waals surface area contributed by atoms with Crippen molar-refractivity contribution in [3.05, 3.63) is 41.5 Å². The van der Waals surface area contributed by atoms with Crippen LogP contribution in [-0.4, -0.2) is 60.1 Å². The van der Waals surface area contributed by atoms with Gasteiger partial charge in [-0.15, -0.1) is 0 Å². The van der Waals surface area contributed by atoms with E-state index in [-0.39, 0.29) is 5.91 Å². The van der Waals surface area contributed by atoms with Crippen LogP contribution in [0.2, 0.25) is 0 Å². The van der Waals surface area contributed by atoms with E-state index in [1.165, 1.54) is 23.7 Å². The van der Waals surface area contributed by atoms with E-state index >= 15 is 0 Å². The van der Waals surface area contributed by atoms with Crippen molar-refractivity contribution in [1.82, 2.24) is 14.3 Å². The summed E-state index contributed by atoms with van der Waals surface area (Å²) in [7, 11) is 1.65. The molecule has 0 saturated carbocycles. The van der Waals surface area contributed by atoms with Crippen LogP contribution < -0.4 is 4.90 Å². The van der Waals surface area contributed by atoms with Gasteiger partial charge in [-0.25, -0.2) is 9.37 Å². The highest BCUT2D eigenvalue weighted by Gasteiger charge is 2.24. The van der Waals surface area contributed by atoms with E-state index in [1.54, 1.807) is 24.1 Å². The number of aromatic nitrogens is 2. The number of ether oxygens (including phenoxy) is 1. The second kappa shape index (κ2) is 7.67. The second-order valence-electron chi connectivity index (χ2n) is 5.53. The van der Waals surface area contributed by atoms with E-state index in [4.69, 9.17) is 4.74 Å². The number of halogens is 1. The van der Waals surface area contributed by atoms with Gasteiger partial charge in [-0.1, -0.05) is 6.07 Å². The Morgan fingerprint density at radius 3 is 2.83 bits per heavy atom. The molecular weight excluding hydrogens is 331 g/mol. The quantitative estimate of drug-likeness (QED) is 0.823. The van der Waals surface area contributed by atoms with Crippen molar-refractivity contribution < 1.29 is 13.9 Å². The molecule has 2 heterocycles. The summed E-state index contributed by atoms with van der Waals surface area (Å²) < 4.78 is 22.6. The summed E-state index contributed by atoms with van der Waals surface area (Å²) in [6.45, 7) is 3.16. The van der Waals surface area contributed by atoms with Crippen LogP contribution >= 0.6 is 11.5 Å². The Morgan fingerprint density at radius 1 is 1.33 bits per heavy atom. The van der Waals surface area contributed by atoms with Gasteiger partial charge < -0.3 is 14.5 Å². The number of hydrogen-bond acceptors (Lipinski definition) is 6. The highest BCUT2D eigenvalue weighted by molar-refractivity contribution is 7.09. The number of anilines is 1. The Kier molecular flexibility index (Phi) is 5.37. The minimum Gasteiger partial charge on any atom is -0.384 e. The van der Waals surface area contributed by atoms with Crippen molar-refractivity contribution in [2.75, 3.05) is 44.8 Å². The lowest BCUT2D eigenvalue weighted by Gasteiger charge is -2.34. The SMILES string of the molecule is COCCc1nsc(N2CCN(C(=O)c3cccc(F)c3)CC2)n1. The zero-order valence-electron chi connectivity index (χ0n) is 13.4. The minimum absolute atomic E-state index is 0.132. The van der Waals surface area contributed by atoms with Crippen LogP contribution in [0.25, 0.3) is 0 Å². The molecule has 0 aliphatic carbocycles. The summed E-state index contributed by atoms with van der Waals surface area (Å²) in [5, 5.41) is 0.874. The lowest BCUT2D eigenvalue weighted by molar-refractivity contribution is 0.0746. The van der Waals surface area contributed by atoms with Crippen LogP contribution in [0.1, 0.15) is 16.2 Å². The van der Waals surface area contributed by atoms with Crippen molar-refractivity contribution in [2.45, 2.75) is 6.42 Å². The Bertz CT molecular complexity index is 701. The lowest BCUT2D eigenvalue weighted by Crippen LogP contribution is -2.48. The van der Waals surface area contributed by atoms with E-state index in [0.717, 1.165) is 11.0 Å². The van der Waals surface area contributed by atoms with Crippen LogP contribution in [0.15, 0.2) is 24.3 Å². The normalized spacial score (nSPS) is 14.9. The molecule has 1 aromatic heterocycles. The van der Waals surface area contributed by atoms with E-state index < -0.39 is 5.82 Å². The van der Waals surface area contributed by atoms with Crippen LogP contribution in [0.3, 0.4) is 0 Å². The Labute approximate surface area is 144 Å². The third kappa shape index (κ3) is 3.88. The molecule has 1 fully saturated rings. The summed E-state index contributed by atoms with van der Waals surface area (Å²) in [6, 6.07) is 5.82. The molecule has 8 heteroatoms. The van der Waals surface area contributed by atoms with Gasteiger partial charge in [0.15, 0.2) is 0 Å². The number of carbonyl (C=O) groups is 1. The molecule has 6 nitrogen and oxygen atoms in total. The monoisotopic (exact) mass is 350 g/mol.